The number of aryl methyl sites for hydroxylation is 2. The zero-order valence-corrected chi connectivity index (χ0v) is 14.7. The van der Waals surface area contributed by atoms with Crippen molar-refractivity contribution >= 4 is 28.4 Å². The molecular formula is C16H21N5OS. The molecule has 0 atom stereocenters. The van der Waals surface area contributed by atoms with Gasteiger partial charge in [-0.2, -0.15) is 16.3 Å². The van der Waals surface area contributed by atoms with E-state index in [1.165, 1.54) is 5.56 Å². The van der Waals surface area contributed by atoms with Gasteiger partial charge in [0, 0.05) is 26.6 Å². The van der Waals surface area contributed by atoms with Crippen molar-refractivity contribution < 1.29 is 4.42 Å². The Morgan fingerprint density at radius 3 is 2.65 bits per heavy atom. The summed E-state index contributed by atoms with van der Waals surface area (Å²) in [6, 6.07) is 2.15. The highest BCUT2D eigenvalue weighted by atomic mass is 32.1. The quantitative estimate of drug-likeness (QED) is 0.692. The van der Waals surface area contributed by atoms with Crippen LogP contribution in [0.25, 0.3) is 11.2 Å². The first-order valence-electron chi connectivity index (χ1n) is 7.55. The molecule has 3 aromatic rings. The van der Waals surface area contributed by atoms with Crippen molar-refractivity contribution in [1.82, 2.24) is 19.9 Å². The molecule has 122 valence electrons. The molecule has 3 rings (SSSR count). The molecular weight excluding hydrogens is 310 g/mol. The van der Waals surface area contributed by atoms with Crippen LogP contribution < -0.4 is 4.90 Å². The lowest BCUT2D eigenvalue weighted by molar-refractivity contribution is 0.412. The van der Waals surface area contributed by atoms with Crippen LogP contribution in [0, 0.1) is 13.8 Å². The van der Waals surface area contributed by atoms with Gasteiger partial charge in [-0.3, -0.25) is 0 Å². The molecule has 0 unspecified atom stereocenters. The number of likely N-dealkylation sites (N-methyl/N-ethyl adjacent to an activating group) is 1. The van der Waals surface area contributed by atoms with Gasteiger partial charge in [0.1, 0.15) is 5.82 Å². The molecule has 0 bridgehead atoms. The van der Waals surface area contributed by atoms with E-state index in [1.54, 1.807) is 11.3 Å². The maximum absolute atomic E-state index is 5.60. The number of oxazole rings is 1. The maximum atomic E-state index is 5.60. The Hall–Kier alpha value is -1.99. The molecule has 0 radical (unpaired) electrons. The number of thiophene rings is 1. The summed E-state index contributed by atoms with van der Waals surface area (Å²) in [6.07, 6.45) is 0. The van der Waals surface area contributed by atoms with Gasteiger partial charge in [0.15, 0.2) is 17.2 Å². The lowest BCUT2D eigenvalue weighted by Crippen LogP contribution is -2.32. The monoisotopic (exact) mass is 331 g/mol. The van der Waals surface area contributed by atoms with Gasteiger partial charge in [-0.05, 0) is 43.4 Å². The number of anilines is 1. The topological polar surface area (TPSA) is 58.3 Å². The molecule has 6 nitrogen and oxygen atoms in total. The Labute approximate surface area is 139 Å². The fourth-order valence-corrected chi connectivity index (χ4v) is 3.08. The Morgan fingerprint density at radius 2 is 1.96 bits per heavy atom. The van der Waals surface area contributed by atoms with E-state index in [4.69, 9.17) is 4.42 Å². The lowest BCUT2D eigenvalue weighted by Gasteiger charge is -2.25. The smallest absolute Gasteiger partial charge is 0.252 e. The number of aromatic nitrogens is 3. The predicted molar refractivity (Wildman–Crippen MR) is 93.0 cm³/mol. The minimum atomic E-state index is 0.560. The van der Waals surface area contributed by atoms with Gasteiger partial charge in [-0.15, -0.1) is 0 Å². The largest absolute Gasteiger partial charge is 0.422 e. The van der Waals surface area contributed by atoms with E-state index in [2.05, 4.69) is 55.7 Å². The number of hydrogen-bond acceptors (Lipinski definition) is 7. The van der Waals surface area contributed by atoms with E-state index in [9.17, 15) is 0 Å². The Morgan fingerprint density at radius 1 is 1.13 bits per heavy atom. The normalized spacial score (nSPS) is 11.5. The molecule has 0 aliphatic carbocycles. The molecule has 0 aliphatic heterocycles. The van der Waals surface area contributed by atoms with E-state index >= 15 is 0 Å². The van der Waals surface area contributed by atoms with E-state index in [-0.39, 0.29) is 0 Å². The molecule has 0 saturated carbocycles. The van der Waals surface area contributed by atoms with Gasteiger partial charge in [-0.1, -0.05) is 0 Å². The Kier molecular flexibility index (Phi) is 4.58. The van der Waals surface area contributed by atoms with Crippen LogP contribution in [0.4, 0.5) is 5.82 Å². The maximum Gasteiger partial charge on any atom is 0.252 e. The summed E-state index contributed by atoms with van der Waals surface area (Å²) >= 11 is 1.71. The van der Waals surface area contributed by atoms with Crippen LogP contribution in [0.1, 0.15) is 17.3 Å². The average Bonchev–Trinajstić information content (AvgIpc) is 3.10. The van der Waals surface area contributed by atoms with Gasteiger partial charge in [0.2, 0.25) is 0 Å². The van der Waals surface area contributed by atoms with Crippen LogP contribution in [-0.4, -0.2) is 47.0 Å². The van der Waals surface area contributed by atoms with Crippen molar-refractivity contribution in [2.75, 3.05) is 32.1 Å². The first-order chi connectivity index (χ1) is 11.0. The third kappa shape index (κ3) is 3.68. The second-order valence-corrected chi connectivity index (χ2v) is 6.62. The van der Waals surface area contributed by atoms with E-state index in [1.807, 2.05) is 13.8 Å². The molecule has 23 heavy (non-hydrogen) atoms. The molecule has 0 amide bonds. The van der Waals surface area contributed by atoms with Gasteiger partial charge in [0.25, 0.3) is 5.71 Å². The van der Waals surface area contributed by atoms with Crippen LogP contribution in [0.2, 0.25) is 0 Å². The molecule has 0 N–H and O–H groups in total. The summed E-state index contributed by atoms with van der Waals surface area (Å²) in [5, 5.41) is 4.27. The third-order valence-corrected chi connectivity index (χ3v) is 4.26. The summed E-state index contributed by atoms with van der Waals surface area (Å²) in [5.41, 5.74) is 2.57. The second kappa shape index (κ2) is 6.64. The summed E-state index contributed by atoms with van der Waals surface area (Å²) in [5.74, 6) is 2.16. The van der Waals surface area contributed by atoms with Crippen LogP contribution in [-0.2, 0) is 6.54 Å². The van der Waals surface area contributed by atoms with Gasteiger partial charge in [-0.25, -0.2) is 9.97 Å². The number of fused-ring (bicyclic) bond motifs is 1. The summed E-state index contributed by atoms with van der Waals surface area (Å²) < 4.78 is 5.60. The number of hydrogen-bond donors (Lipinski definition) is 0. The summed E-state index contributed by atoms with van der Waals surface area (Å²) in [6.45, 7) is 6.32. The molecule has 0 fully saturated rings. The van der Waals surface area contributed by atoms with Crippen LogP contribution in [0.15, 0.2) is 21.2 Å². The number of rotatable bonds is 6. The van der Waals surface area contributed by atoms with Crippen molar-refractivity contribution in [2.45, 2.75) is 20.4 Å². The highest BCUT2D eigenvalue weighted by Gasteiger charge is 2.18. The fourth-order valence-electron chi connectivity index (χ4n) is 2.42. The van der Waals surface area contributed by atoms with Gasteiger partial charge in [0.05, 0.1) is 0 Å². The molecule has 3 aromatic heterocycles. The highest BCUT2D eigenvalue weighted by molar-refractivity contribution is 7.07. The fraction of sp³-hybridized carbons (Fsp3) is 0.438. The first-order valence-corrected chi connectivity index (χ1v) is 8.50. The predicted octanol–water partition coefficient (Wildman–Crippen LogP) is 2.86. The SMILES string of the molecule is Cc1nc(N(CCN(C)C)Cc2ccsc2)c2nc(C)oc2n1. The zero-order valence-electron chi connectivity index (χ0n) is 13.9. The van der Waals surface area contributed by atoms with Crippen molar-refractivity contribution in [3.63, 3.8) is 0 Å². The minimum absolute atomic E-state index is 0.560. The highest BCUT2D eigenvalue weighted by Crippen LogP contribution is 2.25. The van der Waals surface area contributed by atoms with E-state index < -0.39 is 0 Å². The van der Waals surface area contributed by atoms with Crippen molar-refractivity contribution in [3.05, 3.63) is 34.1 Å². The number of nitrogens with zero attached hydrogens (tertiary/aromatic N) is 5. The molecule has 7 heteroatoms. The van der Waals surface area contributed by atoms with Crippen LogP contribution in [0.3, 0.4) is 0 Å². The molecule has 0 aliphatic rings. The lowest BCUT2D eigenvalue weighted by atomic mass is 10.3. The average molecular weight is 331 g/mol. The van der Waals surface area contributed by atoms with Gasteiger partial charge < -0.3 is 14.2 Å². The molecule has 0 aromatic carbocycles. The Balaban J connectivity index is 2.00. The Bertz CT molecular complexity index is 781. The molecule has 0 saturated heterocycles. The van der Waals surface area contributed by atoms with Crippen molar-refractivity contribution in [1.29, 1.82) is 0 Å². The summed E-state index contributed by atoms with van der Waals surface area (Å²) in [7, 11) is 4.15. The molecule has 0 spiro atoms. The first kappa shape index (κ1) is 15.9. The van der Waals surface area contributed by atoms with Crippen molar-refractivity contribution in [3.8, 4) is 0 Å². The van der Waals surface area contributed by atoms with Crippen LogP contribution in [0.5, 0.6) is 0 Å². The zero-order chi connectivity index (χ0) is 16.4. The van der Waals surface area contributed by atoms with Gasteiger partial charge >= 0.3 is 0 Å². The molecule has 3 heterocycles. The van der Waals surface area contributed by atoms with E-state index in [0.717, 1.165) is 31.0 Å². The van der Waals surface area contributed by atoms with Crippen LogP contribution >= 0.6 is 11.3 Å². The standard InChI is InChI=1S/C16H21N5OS/c1-11-17-15(14-16(18-11)22-12(2)19-14)21(7-6-20(3)4)9-13-5-8-23-10-13/h5,8,10H,6-7,9H2,1-4H3. The minimum Gasteiger partial charge on any atom is -0.422 e. The second-order valence-electron chi connectivity index (χ2n) is 5.84. The summed E-state index contributed by atoms with van der Waals surface area (Å²) in [4.78, 5) is 17.9. The van der Waals surface area contributed by atoms with Crippen molar-refractivity contribution in [2.24, 2.45) is 0 Å². The van der Waals surface area contributed by atoms with E-state index in [0.29, 0.717) is 17.4 Å². The third-order valence-electron chi connectivity index (χ3n) is 3.53.